The van der Waals surface area contributed by atoms with Crippen LogP contribution in [0.4, 0.5) is 0 Å². The van der Waals surface area contributed by atoms with Crippen LogP contribution in [0, 0.1) is 0 Å². The van der Waals surface area contributed by atoms with Gasteiger partial charge in [-0.1, -0.05) is 6.08 Å². The van der Waals surface area contributed by atoms with Crippen LogP contribution in [0.2, 0.25) is 0 Å². The third-order valence-electron chi connectivity index (χ3n) is 4.64. The first kappa shape index (κ1) is 21.8. The lowest BCUT2D eigenvalue weighted by atomic mass is 10.0. The van der Waals surface area contributed by atoms with Crippen molar-refractivity contribution < 1.29 is 19.1 Å². The Bertz CT molecular complexity index is 710. The van der Waals surface area contributed by atoms with Crippen molar-refractivity contribution in [1.82, 2.24) is 15.1 Å². The van der Waals surface area contributed by atoms with Crippen molar-refractivity contribution in [3.8, 4) is 11.5 Å². The molecule has 0 unspecified atom stereocenters. The first-order chi connectivity index (χ1) is 13.4. The van der Waals surface area contributed by atoms with Crippen molar-refractivity contribution in [2.24, 2.45) is 0 Å². The van der Waals surface area contributed by atoms with Crippen LogP contribution in [0.25, 0.3) is 0 Å². The maximum absolute atomic E-state index is 13.0. The zero-order valence-electron chi connectivity index (χ0n) is 17.3. The number of carbonyl (C=O) groups excluding carboxylic acids is 2. The first-order valence-electron chi connectivity index (χ1n) is 9.56. The summed E-state index contributed by atoms with van der Waals surface area (Å²) in [5.41, 5.74) is 1.43. The molecule has 7 nitrogen and oxygen atoms in total. The molecule has 154 valence electrons. The molecule has 28 heavy (non-hydrogen) atoms. The SMILES string of the molecule is C=CCc1cc(C(=O)N2CCN(CC(=O)NC(C)C)CC2)cc(OC)c1OC. The van der Waals surface area contributed by atoms with E-state index >= 15 is 0 Å². The maximum Gasteiger partial charge on any atom is 0.254 e. The number of ether oxygens (including phenoxy) is 2. The van der Waals surface area contributed by atoms with E-state index in [1.165, 1.54) is 0 Å². The van der Waals surface area contributed by atoms with Crippen LogP contribution in [0.3, 0.4) is 0 Å². The lowest BCUT2D eigenvalue weighted by Crippen LogP contribution is -2.51. The zero-order chi connectivity index (χ0) is 20.7. The van der Waals surface area contributed by atoms with Gasteiger partial charge < -0.3 is 19.7 Å². The number of amides is 2. The number of rotatable bonds is 8. The Morgan fingerprint density at radius 1 is 1.18 bits per heavy atom. The highest BCUT2D eigenvalue weighted by atomic mass is 16.5. The normalized spacial score (nSPS) is 14.7. The molecule has 1 aromatic carbocycles. The van der Waals surface area contributed by atoms with Gasteiger partial charge in [0.2, 0.25) is 5.91 Å². The van der Waals surface area contributed by atoms with Crippen LogP contribution >= 0.6 is 0 Å². The van der Waals surface area contributed by atoms with Crippen molar-refractivity contribution >= 4 is 11.8 Å². The summed E-state index contributed by atoms with van der Waals surface area (Å²) in [6, 6.07) is 3.69. The number of piperazine rings is 1. The van der Waals surface area contributed by atoms with E-state index in [0.717, 1.165) is 5.56 Å². The van der Waals surface area contributed by atoms with Crippen molar-refractivity contribution in [3.05, 3.63) is 35.9 Å². The van der Waals surface area contributed by atoms with Crippen LogP contribution < -0.4 is 14.8 Å². The van der Waals surface area contributed by atoms with Crippen LogP contribution in [0.5, 0.6) is 11.5 Å². The van der Waals surface area contributed by atoms with E-state index in [2.05, 4.69) is 16.8 Å². The van der Waals surface area contributed by atoms with E-state index in [-0.39, 0.29) is 17.9 Å². The second kappa shape index (κ2) is 10.1. The zero-order valence-corrected chi connectivity index (χ0v) is 17.3. The topological polar surface area (TPSA) is 71.1 Å². The van der Waals surface area contributed by atoms with Gasteiger partial charge in [-0.05, 0) is 32.4 Å². The standard InChI is InChI=1S/C21H31N3O4/c1-6-7-16-12-17(13-18(27-4)20(16)28-5)21(26)24-10-8-23(9-11-24)14-19(25)22-15(2)3/h6,12-13,15H,1,7-11,14H2,2-5H3,(H,22,25). The molecule has 2 rings (SSSR count). The smallest absolute Gasteiger partial charge is 0.254 e. The van der Waals surface area contributed by atoms with Gasteiger partial charge in [-0.2, -0.15) is 0 Å². The Morgan fingerprint density at radius 3 is 2.39 bits per heavy atom. The van der Waals surface area contributed by atoms with Gasteiger partial charge in [0, 0.05) is 43.3 Å². The van der Waals surface area contributed by atoms with Gasteiger partial charge in [-0.25, -0.2) is 0 Å². The summed E-state index contributed by atoms with van der Waals surface area (Å²) < 4.78 is 10.8. The lowest BCUT2D eigenvalue weighted by molar-refractivity contribution is -0.123. The fraction of sp³-hybridized carbons (Fsp3) is 0.524. The number of nitrogens with one attached hydrogen (secondary N) is 1. The molecular formula is C21H31N3O4. The number of benzene rings is 1. The third kappa shape index (κ3) is 5.48. The Hall–Kier alpha value is -2.54. The van der Waals surface area contributed by atoms with E-state index in [1.807, 2.05) is 24.8 Å². The van der Waals surface area contributed by atoms with Crippen LogP contribution in [-0.4, -0.2) is 74.6 Å². The predicted molar refractivity (Wildman–Crippen MR) is 109 cm³/mol. The number of nitrogens with zero attached hydrogens (tertiary/aromatic N) is 2. The van der Waals surface area contributed by atoms with Crippen molar-refractivity contribution in [2.45, 2.75) is 26.3 Å². The van der Waals surface area contributed by atoms with Crippen molar-refractivity contribution in [2.75, 3.05) is 46.9 Å². The number of hydrogen-bond donors (Lipinski definition) is 1. The molecule has 0 aromatic heterocycles. The minimum absolute atomic E-state index is 0.0173. The maximum atomic E-state index is 13.0. The summed E-state index contributed by atoms with van der Waals surface area (Å²) in [4.78, 5) is 28.8. The molecule has 0 radical (unpaired) electrons. The fourth-order valence-corrected chi connectivity index (χ4v) is 3.34. The quantitative estimate of drug-likeness (QED) is 0.686. The second-order valence-corrected chi connectivity index (χ2v) is 7.15. The van der Waals surface area contributed by atoms with Crippen molar-refractivity contribution in [3.63, 3.8) is 0 Å². The number of methoxy groups -OCH3 is 2. The Kier molecular flexibility index (Phi) is 7.87. The molecule has 1 saturated heterocycles. The van der Waals surface area contributed by atoms with Crippen LogP contribution in [0.15, 0.2) is 24.8 Å². The Balaban J connectivity index is 2.06. The molecule has 1 N–H and O–H groups in total. The minimum Gasteiger partial charge on any atom is -0.493 e. The molecule has 0 saturated carbocycles. The van der Waals surface area contributed by atoms with Crippen molar-refractivity contribution in [1.29, 1.82) is 0 Å². The fourth-order valence-electron chi connectivity index (χ4n) is 3.34. The van der Waals surface area contributed by atoms with Gasteiger partial charge in [0.1, 0.15) is 0 Å². The highest BCUT2D eigenvalue weighted by molar-refractivity contribution is 5.95. The van der Waals surface area contributed by atoms with E-state index in [0.29, 0.717) is 56.2 Å². The molecule has 0 atom stereocenters. The van der Waals surface area contributed by atoms with Gasteiger partial charge in [-0.3, -0.25) is 14.5 Å². The number of carbonyl (C=O) groups is 2. The minimum atomic E-state index is -0.0439. The Morgan fingerprint density at radius 2 is 1.86 bits per heavy atom. The van der Waals surface area contributed by atoms with E-state index in [1.54, 1.807) is 26.4 Å². The summed E-state index contributed by atoms with van der Waals surface area (Å²) >= 11 is 0. The molecule has 0 bridgehead atoms. The number of hydrogen-bond acceptors (Lipinski definition) is 5. The van der Waals surface area contributed by atoms with Gasteiger partial charge in [-0.15, -0.1) is 6.58 Å². The molecule has 1 aliphatic heterocycles. The van der Waals surface area contributed by atoms with Gasteiger partial charge in [0.15, 0.2) is 11.5 Å². The molecule has 2 amide bonds. The average Bonchev–Trinajstić information content (AvgIpc) is 2.67. The van der Waals surface area contributed by atoms with Gasteiger partial charge in [0.25, 0.3) is 5.91 Å². The Labute approximate surface area is 167 Å². The first-order valence-corrected chi connectivity index (χ1v) is 9.56. The molecule has 1 heterocycles. The third-order valence-corrected chi connectivity index (χ3v) is 4.64. The summed E-state index contributed by atoms with van der Waals surface area (Å²) in [6.07, 6.45) is 2.35. The lowest BCUT2D eigenvalue weighted by Gasteiger charge is -2.34. The largest absolute Gasteiger partial charge is 0.493 e. The van der Waals surface area contributed by atoms with Gasteiger partial charge >= 0.3 is 0 Å². The molecule has 1 aliphatic rings. The molecule has 0 spiro atoms. The molecule has 7 heteroatoms. The number of allylic oxidation sites excluding steroid dienone is 1. The summed E-state index contributed by atoms with van der Waals surface area (Å²) in [5.74, 6) is 1.13. The van der Waals surface area contributed by atoms with Crippen LogP contribution in [0.1, 0.15) is 29.8 Å². The monoisotopic (exact) mass is 389 g/mol. The van der Waals surface area contributed by atoms with Gasteiger partial charge in [0.05, 0.1) is 20.8 Å². The summed E-state index contributed by atoms with van der Waals surface area (Å²) in [5, 5.41) is 2.90. The molecule has 0 aliphatic carbocycles. The molecular weight excluding hydrogens is 358 g/mol. The highest BCUT2D eigenvalue weighted by Crippen LogP contribution is 2.33. The van der Waals surface area contributed by atoms with E-state index in [9.17, 15) is 9.59 Å². The molecule has 1 aromatic rings. The average molecular weight is 389 g/mol. The van der Waals surface area contributed by atoms with E-state index in [4.69, 9.17) is 9.47 Å². The van der Waals surface area contributed by atoms with E-state index < -0.39 is 0 Å². The van der Waals surface area contributed by atoms with Crippen LogP contribution in [-0.2, 0) is 11.2 Å². The summed E-state index contributed by atoms with van der Waals surface area (Å²) in [6.45, 7) is 10.5. The highest BCUT2D eigenvalue weighted by Gasteiger charge is 2.25. The predicted octanol–water partition coefficient (Wildman–Crippen LogP) is 1.71. The molecule has 1 fully saturated rings. The summed E-state index contributed by atoms with van der Waals surface area (Å²) in [7, 11) is 3.14. The second-order valence-electron chi connectivity index (χ2n) is 7.15.